The molecule has 4 heteroatoms. The molecule has 1 aliphatic carbocycles. The molecule has 1 aliphatic rings. The summed E-state index contributed by atoms with van der Waals surface area (Å²) in [5, 5.41) is 0. The lowest BCUT2D eigenvalue weighted by Gasteiger charge is -2.20. The van der Waals surface area contributed by atoms with Gasteiger partial charge in [0.2, 0.25) is 0 Å². The van der Waals surface area contributed by atoms with E-state index in [1.54, 1.807) is 6.92 Å². The number of rotatable bonds is 3. The van der Waals surface area contributed by atoms with E-state index in [4.69, 9.17) is 0 Å². The molecule has 0 aromatic carbocycles. The van der Waals surface area contributed by atoms with Gasteiger partial charge in [-0.25, -0.2) is 8.42 Å². The summed E-state index contributed by atoms with van der Waals surface area (Å²) in [6, 6.07) is 0. The number of sulfone groups is 1. The Bertz CT molecular complexity index is 260. The standard InChI is InChI=1S/C8H14O3S/c1-2-12(10,11)8(7-9)5-3-4-6-8/h7H,2-6H2,1H3. The van der Waals surface area contributed by atoms with E-state index < -0.39 is 14.6 Å². The number of carbonyl (C=O) groups excluding carboxylic acids is 1. The van der Waals surface area contributed by atoms with Crippen LogP contribution in [0.5, 0.6) is 0 Å². The first-order valence-electron chi connectivity index (χ1n) is 4.26. The average molecular weight is 190 g/mol. The zero-order valence-corrected chi connectivity index (χ0v) is 8.06. The summed E-state index contributed by atoms with van der Waals surface area (Å²) in [4.78, 5) is 10.8. The highest BCUT2D eigenvalue weighted by atomic mass is 32.2. The zero-order valence-electron chi connectivity index (χ0n) is 7.25. The van der Waals surface area contributed by atoms with Crippen molar-refractivity contribution in [1.29, 1.82) is 0 Å². The van der Waals surface area contributed by atoms with Crippen LogP contribution in [0.15, 0.2) is 0 Å². The van der Waals surface area contributed by atoms with Crippen LogP contribution >= 0.6 is 0 Å². The van der Waals surface area contributed by atoms with Gasteiger partial charge >= 0.3 is 0 Å². The highest BCUT2D eigenvalue weighted by Gasteiger charge is 2.44. The van der Waals surface area contributed by atoms with Crippen LogP contribution in [0.2, 0.25) is 0 Å². The van der Waals surface area contributed by atoms with Crippen LogP contribution in [-0.2, 0) is 14.6 Å². The highest BCUT2D eigenvalue weighted by Crippen LogP contribution is 2.35. The van der Waals surface area contributed by atoms with Crippen molar-refractivity contribution in [1.82, 2.24) is 0 Å². The van der Waals surface area contributed by atoms with Crippen LogP contribution in [0.25, 0.3) is 0 Å². The van der Waals surface area contributed by atoms with Crippen LogP contribution in [0.1, 0.15) is 32.6 Å². The summed E-state index contributed by atoms with van der Waals surface area (Å²) >= 11 is 0. The van der Waals surface area contributed by atoms with Crippen LogP contribution in [0.4, 0.5) is 0 Å². The van der Waals surface area contributed by atoms with Crippen molar-refractivity contribution >= 4 is 16.1 Å². The molecule has 0 heterocycles. The van der Waals surface area contributed by atoms with Gasteiger partial charge in [0.15, 0.2) is 9.84 Å². The molecule has 0 saturated heterocycles. The van der Waals surface area contributed by atoms with Gasteiger partial charge in [0.25, 0.3) is 0 Å². The lowest BCUT2D eigenvalue weighted by atomic mass is 10.1. The fourth-order valence-corrected chi connectivity index (χ4v) is 3.40. The number of hydrogen-bond acceptors (Lipinski definition) is 3. The Kier molecular flexibility index (Phi) is 2.56. The minimum absolute atomic E-state index is 0.0751. The minimum Gasteiger partial charge on any atom is -0.302 e. The number of hydrogen-bond donors (Lipinski definition) is 0. The maximum absolute atomic E-state index is 11.5. The molecule has 0 unspecified atom stereocenters. The maximum atomic E-state index is 11.5. The summed E-state index contributed by atoms with van der Waals surface area (Å²) in [6.45, 7) is 1.60. The van der Waals surface area contributed by atoms with Crippen LogP contribution in [-0.4, -0.2) is 25.2 Å². The molecule has 0 atom stereocenters. The third-order valence-corrected chi connectivity index (χ3v) is 5.17. The van der Waals surface area contributed by atoms with Crippen molar-refractivity contribution in [2.24, 2.45) is 0 Å². The summed E-state index contributed by atoms with van der Waals surface area (Å²) in [5.41, 5.74) is 0. The SMILES string of the molecule is CCS(=O)(=O)C1(C=O)CCCC1. The van der Waals surface area contributed by atoms with E-state index in [2.05, 4.69) is 0 Å². The quantitative estimate of drug-likeness (QED) is 0.622. The molecule has 0 aromatic rings. The molecule has 1 saturated carbocycles. The highest BCUT2D eigenvalue weighted by molar-refractivity contribution is 7.93. The Hall–Kier alpha value is -0.380. The summed E-state index contributed by atoms with van der Waals surface area (Å²) in [7, 11) is -3.18. The predicted molar refractivity (Wildman–Crippen MR) is 46.7 cm³/mol. The monoisotopic (exact) mass is 190 g/mol. The van der Waals surface area contributed by atoms with Crippen molar-refractivity contribution in [2.45, 2.75) is 37.4 Å². The first-order valence-corrected chi connectivity index (χ1v) is 5.92. The summed E-state index contributed by atoms with van der Waals surface area (Å²) in [6.07, 6.45) is 3.40. The van der Waals surface area contributed by atoms with E-state index in [0.717, 1.165) is 12.8 Å². The Morgan fingerprint density at radius 2 is 1.83 bits per heavy atom. The maximum Gasteiger partial charge on any atom is 0.162 e. The molecule has 1 rings (SSSR count). The second-order valence-electron chi connectivity index (χ2n) is 3.29. The second kappa shape index (κ2) is 3.17. The van der Waals surface area contributed by atoms with Crippen molar-refractivity contribution in [3.05, 3.63) is 0 Å². The molecule has 0 N–H and O–H groups in total. The van der Waals surface area contributed by atoms with Crippen LogP contribution in [0.3, 0.4) is 0 Å². The Morgan fingerprint density at radius 3 is 2.17 bits per heavy atom. The fourth-order valence-electron chi connectivity index (χ4n) is 1.76. The van der Waals surface area contributed by atoms with E-state index in [1.807, 2.05) is 0 Å². The molecule has 0 radical (unpaired) electrons. The molecule has 3 nitrogen and oxygen atoms in total. The molecular weight excluding hydrogens is 176 g/mol. The first-order chi connectivity index (χ1) is 5.58. The normalized spacial score (nSPS) is 22.4. The molecule has 12 heavy (non-hydrogen) atoms. The van der Waals surface area contributed by atoms with E-state index in [1.165, 1.54) is 0 Å². The van der Waals surface area contributed by atoms with Gasteiger partial charge in [0, 0.05) is 5.75 Å². The molecule has 70 valence electrons. The second-order valence-corrected chi connectivity index (χ2v) is 5.91. The van der Waals surface area contributed by atoms with Gasteiger partial charge in [0.1, 0.15) is 11.0 Å². The lowest BCUT2D eigenvalue weighted by Crippen LogP contribution is -2.38. The van der Waals surface area contributed by atoms with E-state index in [9.17, 15) is 13.2 Å². The molecule has 0 spiro atoms. The lowest BCUT2D eigenvalue weighted by molar-refractivity contribution is -0.109. The zero-order chi connectivity index (χ0) is 9.24. The van der Waals surface area contributed by atoms with Crippen LogP contribution < -0.4 is 0 Å². The Morgan fingerprint density at radius 1 is 1.33 bits per heavy atom. The van der Waals surface area contributed by atoms with Crippen LogP contribution in [0, 0.1) is 0 Å². The molecule has 0 aromatic heterocycles. The van der Waals surface area contributed by atoms with Crippen molar-refractivity contribution in [3.8, 4) is 0 Å². The van der Waals surface area contributed by atoms with E-state index in [-0.39, 0.29) is 5.75 Å². The van der Waals surface area contributed by atoms with Gasteiger partial charge in [-0.1, -0.05) is 19.8 Å². The fraction of sp³-hybridized carbons (Fsp3) is 0.875. The number of carbonyl (C=O) groups is 1. The van der Waals surface area contributed by atoms with E-state index in [0.29, 0.717) is 19.1 Å². The molecule has 0 aliphatic heterocycles. The Labute approximate surface area is 73.1 Å². The average Bonchev–Trinajstić information content (AvgIpc) is 2.53. The molecule has 1 fully saturated rings. The smallest absolute Gasteiger partial charge is 0.162 e. The molecule has 0 amide bonds. The van der Waals surface area contributed by atoms with Crippen molar-refractivity contribution in [3.63, 3.8) is 0 Å². The predicted octanol–water partition coefficient (Wildman–Crippen LogP) is 0.933. The van der Waals surface area contributed by atoms with Crippen molar-refractivity contribution < 1.29 is 13.2 Å². The van der Waals surface area contributed by atoms with Gasteiger partial charge in [-0.3, -0.25) is 0 Å². The van der Waals surface area contributed by atoms with Gasteiger partial charge in [-0.15, -0.1) is 0 Å². The summed E-state index contributed by atoms with van der Waals surface area (Å²) < 4.78 is 22.0. The van der Waals surface area contributed by atoms with E-state index >= 15 is 0 Å². The molecule has 0 bridgehead atoms. The third kappa shape index (κ3) is 1.28. The van der Waals surface area contributed by atoms with Gasteiger partial charge in [-0.05, 0) is 12.8 Å². The van der Waals surface area contributed by atoms with Gasteiger partial charge in [0.05, 0.1) is 0 Å². The van der Waals surface area contributed by atoms with Gasteiger partial charge in [-0.2, -0.15) is 0 Å². The minimum atomic E-state index is -3.18. The van der Waals surface area contributed by atoms with Gasteiger partial charge < -0.3 is 4.79 Å². The Balaban J connectivity index is 3.02. The number of aldehydes is 1. The van der Waals surface area contributed by atoms with Crippen molar-refractivity contribution in [2.75, 3.05) is 5.75 Å². The topological polar surface area (TPSA) is 51.2 Å². The third-order valence-electron chi connectivity index (χ3n) is 2.66. The largest absolute Gasteiger partial charge is 0.302 e. The summed E-state index contributed by atoms with van der Waals surface area (Å²) in [5.74, 6) is 0.0751. The molecular formula is C8H14O3S. The first kappa shape index (κ1) is 9.71.